The van der Waals surface area contributed by atoms with E-state index in [1.165, 1.54) is 0 Å². The zero-order valence-corrected chi connectivity index (χ0v) is 11.4. The van der Waals surface area contributed by atoms with Crippen LogP contribution in [0.2, 0.25) is 0 Å². The first-order valence-corrected chi connectivity index (χ1v) is 6.76. The molecule has 1 aromatic heterocycles. The molecule has 0 unspecified atom stereocenters. The van der Waals surface area contributed by atoms with Gasteiger partial charge in [-0.3, -0.25) is 0 Å². The summed E-state index contributed by atoms with van der Waals surface area (Å²) < 4.78 is 11.0. The fourth-order valence-electron chi connectivity index (χ4n) is 1.92. The second-order valence-electron chi connectivity index (χ2n) is 4.65. The standard InChI is InChI=1S/C16H16N2O3/c19-12(11-20-13-6-2-1-3-7-13)10-17-16-18-14-8-4-5-9-15(14)21-16/h1-9,12,19H,10-11H2,(H,17,18)/t12-/m0/s1. The summed E-state index contributed by atoms with van der Waals surface area (Å²) in [6, 6.07) is 17.3. The minimum absolute atomic E-state index is 0.206. The van der Waals surface area contributed by atoms with Crippen LogP contribution in [0.3, 0.4) is 0 Å². The van der Waals surface area contributed by atoms with Crippen LogP contribution in [0.4, 0.5) is 6.01 Å². The Kier molecular flexibility index (Phi) is 4.02. The number of oxazole rings is 1. The number of para-hydroxylation sites is 3. The van der Waals surface area contributed by atoms with Crippen LogP contribution < -0.4 is 10.1 Å². The van der Waals surface area contributed by atoms with Gasteiger partial charge in [0.15, 0.2) is 5.58 Å². The molecule has 0 bridgehead atoms. The molecule has 1 atom stereocenters. The lowest BCUT2D eigenvalue weighted by molar-refractivity contribution is 0.117. The Morgan fingerprint density at radius 1 is 1.10 bits per heavy atom. The number of benzene rings is 2. The first-order chi connectivity index (χ1) is 10.3. The normalized spacial score (nSPS) is 12.2. The Labute approximate surface area is 122 Å². The third-order valence-electron chi connectivity index (χ3n) is 2.97. The van der Waals surface area contributed by atoms with Gasteiger partial charge in [-0.2, -0.15) is 4.98 Å². The van der Waals surface area contributed by atoms with E-state index in [4.69, 9.17) is 9.15 Å². The van der Waals surface area contributed by atoms with Gasteiger partial charge in [-0.05, 0) is 24.3 Å². The average Bonchev–Trinajstić information content (AvgIpc) is 2.95. The highest BCUT2D eigenvalue weighted by atomic mass is 16.5. The number of aliphatic hydroxyl groups is 1. The van der Waals surface area contributed by atoms with Crippen LogP contribution in [-0.2, 0) is 0 Å². The minimum atomic E-state index is -0.653. The number of aliphatic hydroxyl groups excluding tert-OH is 1. The smallest absolute Gasteiger partial charge is 0.295 e. The highest BCUT2D eigenvalue weighted by Gasteiger charge is 2.08. The van der Waals surface area contributed by atoms with Gasteiger partial charge in [0.25, 0.3) is 6.01 Å². The summed E-state index contributed by atoms with van der Waals surface area (Å²) in [5.74, 6) is 0.735. The predicted molar refractivity (Wildman–Crippen MR) is 80.4 cm³/mol. The number of anilines is 1. The molecule has 21 heavy (non-hydrogen) atoms. The molecule has 0 radical (unpaired) electrons. The summed E-state index contributed by atoms with van der Waals surface area (Å²) in [6.07, 6.45) is -0.653. The molecule has 3 aromatic rings. The Balaban J connectivity index is 1.50. The molecule has 0 aliphatic rings. The third-order valence-corrected chi connectivity index (χ3v) is 2.97. The predicted octanol–water partition coefficient (Wildman–Crippen LogP) is 2.68. The van der Waals surface area contributed by atoms with Crippen LogP contribution in [0.25, 0.3) is 11.1 Å². The van der Waals surface area contributed by atoms with Gasteiger partial charge in [0, 0.05) is 6.54 Å². The van der Waals surface area contributed by atoms with Crippen LogP contribution in [0.1, 0.15) is 0 Å². The lowest BCUT2D eigenvalue weighted by Crippen LogP contribution is -2.26. The van der Waals surface area contributed by atoms with E-state index in [2.05, 4.69) is 10.3 Å². The minimum Gasteiger partial charge on any atom is -0.491 e. The zero-order valence-electron chi connectivity index (χ0n) is 11.4. The largest absolute Gasteiger partial charge is 0.491 e. The van der Waals surface area contributed by atoms with Crippen molar-refractivity contribution >= 4 is 17.1 Å². The van der Waals surface area contributed by atoms with Crippen molar-refractivity contribution < 1.29 is 14.3 Å². The lowest BCUT2D eigenvalue weighted by atomic mass is 10.3. The fourth-order valence-corrected chi connectivity index (χ4v) is 1.92. The van der Waals surface area contributed by atoms with Crippen molar-refractivity contribution in [1.29, 1.82) is 0 Å². The maximum absolute atomic E-state index is 9.89. The molecule has 0 amide bonds. The highest BCUT2D eigenvalue weighted by molar-refractivity contribution is 5.74. The molecule has 0 saturated carbocycles. The molecule has 5 heteroatoms. The Morgan fingerprint density at radius 3 is 2.67 bits per heavy atom. The van der Waals surface area contributed by atoms with E-state index in [0.29, 0.717) is 12.6 Å². The number of rotatable bonds is 6. The SMILES string of the molecule is O[C@@H](CNc1nc2ccccc2o1)COc1ccccc1. The molecule has 2 N–H and O–H groups in total. The van der Waals surface area contributed by atoms with Crippen molar-refractivity contribution in [2.45, 2.75) is 6.10 Å². The number of hydrogen-bond donors (Lipinski definition) is 2. The second-order valence-corrected chi connectivity index (χ2v) is 4.65. The molecule has 5 nitrogen and oxygen atoms in total. The van der Waals surface area contributed by atoms with E-state index >= 15 is 0 Å². The van der Waals surface area contributed by atoms with Crippen molar-refractivity contribution in [2.75, 3.05) is 18.5 Å². The lowest BCUT2D eigenvalue weighted by Gasteiger charge is -2.12. The van der Waals surface area contributed by atoms with Gasteiger partial charge >= 0.3 is 0 Å². The Morgan fingerprint density at radius 2 is 1.86 bits per heavy atom. The van der Waals surface area contributed by atoms with E-state index in [0.717, 1.165) is 16.8 Å². The monoisotopic (exact) mass is 284 g/mol. The second kappa shape index (κ2) is 6.28. The molecule has 0 aliphatic carbocycles. The average molecular weight is 284 g/mol. The van der Waals surface area contributed by atoms with E-state index < -0.39 is 6.10 Å². The fraction of sp³-hybridized carbons (Fsp3) is 0.188. The van der Waals surface area contributed by atoms with Crippen molar-refractivity contribution in [3.8, 4) is 5.75 Å². The highest BCUT2D eigenvalue weighted by Crippen LogP contribution is 2.17. The summed E-state index contributed by atoms with van der Waals surface area (Å²) in [5, 5.41) is 12.9. The number of fused-ring (bicyclic) bond motifs is 1. The first-order valence-electron chi connectivity index (χ1n) is 6.76. The summed E-state index contributed by atoms with van der Waals surface area (Å²) in [4.78, 5) is 4.27. The maximum atomic E-state index is 9.89. The van der Waals surface area contributed by atoms with E-state index in [1.807, 2.05) is 54.6 Å². The zero-order chi connectivity index (χ0) is 14.5. The molecule has 1 heterocycles. The summed E-state index contributed by atoms with van der Waals surface area (Å²) >= 11 is 0. The van der Waals surface area contributed by atoms with Gasteiger partial charge in [0.1, 0.15) is 24.0 Å². The van der Waals surface area contributed by atoms with Gasteiger partial charge < -0.3 is 19.6 Å². The molecule has 2 aromatic carbocycles. The van der Waals surface area contributed by atoms with Crippen molar-refractivity contribution in [3.05, 3.63) is 54.6 Å². The number of nitrogens with zero attached hydrogens (tertiary/aromatic N) is 1. The summed E-state index contributed by atoms with van der Waals surface area (Å²) in [6.45, 7) is 0.511. The van der Waals surface area contributed by atoms with Crippen LogP contribution in [0, 0.1) is 0 Å². The van der Waals surface area contributed by atoms with Crippen molar-refractivity contribution in [1.82, 2.24) is 4.98 Å². The molecular weight excluding hydrogens is 268 g/mol. The van der Waals surface area contributed by atoms with Crippen LogP contribution in [-0.4, -0.2) is 29.3 Å². The van der Waals surface area contributed by atoms with Gasteiger partial charge in [-0.15, -0.1) is 0 Å². The summed E-state index contributed by atoms with van der Waals surface area (Å²) in [5.41, 5.74) is 1.50. The maximum Gasteiger partial charge on any atom is 0.295 e. The molecule has 0 spiro atoms. The molecule has 3 rings (SSSR count). The van der Waals surface area contributed by atoms with E-state index in [1.54, 1.807) is 0 Å². The molecule has 0 aliphatic heterocycles. The third kappa shape index (κ3) is 3.52. The molecule has 0 fully saturated rings. The van der Waals surface area contributed by atoms with Crippen molar-refractivity contribution in [3.63, 3.8) is 0 Å². The molecule has 0 saturated heterocycles. The van der Waals surface area contributed by atoms with Gasteiger partial charge in [-0.1, -0.05) is 30.3 Å². The van der Waals surface area contributed by atoms with Crippen LogP contribution in [0.15, 0.2) is 59.0 Å². The quantitative estimate of drug-likeness (QED) is 0.728. The number of nitrogens with one attached hydrogen (secondary N) is 1. The summed E-state index contributed by atoms with van der Waals surface area (Å²) in [7, 11) is 0. The van der Waals surface area contributed by atoms with Crippen LogP contribution in [0.5, 0.6) is 5.75 Å². The van der Waals surface area contributed by atoms with Crippen LogP contribution >= 0.6 is 0 Å². The Hall–Kier alpha value is -2.53. The topological polar surface area (TPSA) is 67.5 Å². The number of hydrogen-bond acceptors (Lipinski definition) is 5. The van der Waals surface area contributed by atoms with E-state index in [9.17, 15) is 5.11 Å². The first kappa shape index (κ1) is 13.5. The number of aromatic nitrogens is 1. The van der Waals surface area contributed by atoms with E-state index in [-0.39, 0.29) is 6.61 Å². The van der Waals surface area contributed by atoms with Gasteiger partial charge in [0.05, 0.1) is 0 Å². The van der Waals surface area contributed by atoms with Crippen molar-refractivity contribution in [2.24, 2.45) is 0 Å². The Bertz CT molecular complexity index is 664. The van der Waals surface area contributed by atoms with Gasteiger partial charge in [-0.25, -0.2) is 0 Å². The van der Waals surface area contributed by atoms with Gasteiger partial charge in [0.2, 0.25) is 0 Å². The molecular formula is C16H16N2O3. The molecule has 108 valence electrons. The number of ether oxygens (including phenoxy) is 1.